The summed E-state index contributed by atoms with van der Waals surface area (Å²) in [5.74, 6) is 3.41. The molecule has 17 heavy (non-hydrogen) atoms. The molecule has 1 N–H and O–H groups in total. The molecule has 0 aromatic carbocycles. The summed E-state index contributed by atoms with van der Waals surface area (Å²) in [5.41, 5.74) is 0.634. The third-order valence-electron chi connectivity index (χ3n) is 3.95. The van der Waals surface area contributed by atoms with Crippen molar-refractivity contribution in [3.63, 3.8) is 0 Å². The highest BCUT2D eigenvalue weighted by molar-refractivity contribution is 7.99. The molecule has 0 heterocycles. The molecule has 0 saturated heterocycles. The maximum Gasteiger partial charge on any atom is 0.000821 e. The van der Waals surface area contributed by atoms with Gasteiger partial charge in [-0.1, -0.05) is 40.0 Å². The van der Waals surface area contributed by atoms with Gasteiger partial charge in [-0.05, 0) is 48.6 Å². The smallest absolute Gasteiger partial charge is 0.000821 e. The van der Waals surface area contributed by atoms with Gasteiger partial charge in [0.1, 0.15) is 0 Å². The normalized spacial score (nSPS) is 19.8. The van der Waals surface area contributed by atoms with E-state index in [4.69, 9.17) is 0 Å². The average molecular weight is 257 g/mol. The molecule has 0 aromatic heterocycles. The van der Waals surface area contributed by atoms with Crippen molar-refractivity contribution in [3.8, 4) is 0 Å². The van der Waals surface area contributed by atoms with Gasteiger partial charge in [-0.2, -0.15) is 11.8 Å². The molecule has 0 aromatic rings. The van der Waals surface area contributed by atoms with Crippen molar-refractivity contribution in [2.24, 2.45) is 11.3 Å². The Morgan fingerprint density at radius 2 is 1.88 bits per heavy atom. The van der Waals surface area contributed by atoms with Gasteiger partial charge in [0.2, 0.25) is 0 Å². The lowest BCUT2D eigenvalue weighted by Crippen LogP contribution is -2.38. The van der Waals surface area contributed by atoms with Gasteiger partial charge in [0, 0.05) is 6.54 Å². The van der Waals surface area contributed by atoms with E-state index >= 15 is 0 Å². The SMILES string of the molecule is CCSCCC1(CNCC(C)C)CCCCC1. The highest BCUT2D eigenvalue weighted by Crippen LogP contribution is 2.39. The van der Waals surface area contributed by atoms with Crippen LogP contribution < -0.4 is 5.32 Å². The zero-order chi connectivity index (χ0) is 12.6. The molecule has 1 fully saturated rings. The minimum atomic E-state index is 0.634. The van der Waals surface area contributed by atoms with E-state index in [2.05, 4.69) is 37.8 Å². The van der Waals surface area contributed by atoms with Gasteiger partial charge < -0.3 is 5.32 Å². The molecule has 0 radical (unpaired) electrons. The highest BCUT2D eigenvalue weighted by Gasteiger charge is 2.30. The third kappa shape index (κ3) is 6.15. The lowest BCUT2D eigenvalue weighted by atomic mass is 9.72. The summed E-state index contributed by atoms with van der Waals surface area (Å²) >= 11 is 2.11. The summed E-state index contributed by atoms with van der Waals surface area (Å²) in [6, 6.07) is 0. The zero-order valence-electron chi connectivity index (χ0n) is 12.1. The second-order valence-corrected chi connectivity index (χ2v) is 7.43. The van der Waals surface area contributed by atoms with E-state index in [1.807, 2.05) is 0 Å². The maximum absolute atomic E-state index is 3.71. The molecule has 0 amide bonds. The Bertz CT molecular complexity index is 185. The fourth-order valence-electron chi connectivity index (χ4n) is 2.88. The Morgan fingerprint density at radius 1 is 1.18 bits per heavy atom. The molecule has 1 rings (SSSR count). The molecule has 1 nitrogen and oxygen atoms in total. The largest absolute Gasteiger partial charge is 0.316 e. The number of hydrogen-bond acceptors (Lipinski definition) is 2. The van der Waals surface area contributed by atoms with Crippen molar-refractivity contribution in [1.82, 2.24) is 5.32 Å². The first-order valence-electron chi connectivity index (χ1n) is 7.47. The van der Waals surface area contributed by atoms with Crippen molar-refractivity contribution in [3.05, 3.63) is 0 Å². The van der Waals surface area contributed by atoms with E-state index in [0.717, 1.165) is 5.92 Å². The first-order chi connectivity index (χ1) is 8.18. The number of rotatable bonds is 8. The molecular formula is C15H31NS. The van der Waals surface area contributed by atoms with Crippen LogP contribution in [0.15, 0.2) is 0 Å². The molecule has 1 saturated carbocycles. The van der Waals surface area contributed by atoms with Gasteiger partial charge in [-0.3, -0.25) is 0 Å². The topological polar surface area (TPSA) is 12.0 Å². The zero-order valence-corrected chi connectivity index (χ0v) is 12.9. The van der Waals surface area contributed by atoms with E-state index < -0.39 is 0 Å². The average Bonchev–Trinajstić information content (AvgIpc) is 2.30. The standard InChI is InChI=1S/C15H31NS/c1-4-17-11-10-15(8-6-5-7-9-15)13-16-12-14(2)3/h14,16H,4-13H2,1-3H3. The van der Waals surface area contributed by atoms with Crippen LogP contribution in [0.4, 0.5) is 0 Å². The maximum atomic E-state index is 3.71. The van der Waals surface area contributed by atoms with Gasteiger partial charge >= 0.3 is 0 Å². The van der Waals surface area contributed by atoms with Crippen LogP contribution in [-0.4, -0.2) is 24.6 Å². The molecule has 0 spiro atoms. The van der Waals surface area contributed by atoms with E-state index in [-0.39, 0.29) is 0 Å². The lowest BCUT2D eigenvalue weighted by molar-refractivity contribution is 0.174. The van der Waals surface area contributed by atoms with Gasteiger partial charge in [-0.25, -0.2) is 0 Å². The monoisotopic (exact) mass is 257 g/mol. The lowest BCUT2D eigenvalue weighted by Gasteiger charge is -2.38. The van der Waals surface area contributed by atoms with Crippen molar-refractivity contribution >= 4 is 11.8 Å². The minimum Gasteiger partial charge on any atom is -0.316 e. The molecule has 0 unspecified atom stereocenters. The first kappa shape index (κ1) is 15.4. The van der Waals surface area contributed by atoms with Crippen LogP contribution in [0.25, 0.3) is 0 Å². The fourth-order valence-corrected chi connectivity index (χ4v) is 3.74. The van der Waals surface area contributed by atoms with Crippen molar-refractivity contribution in [2.75, 3.05) is 24.6 Å². The molecule has 0 bridgehead atoms. The molecular weight excluding hydrogens is 226 g/mol. The summed E-state index contributed by atoms with van der Waals surface area (Å²) in [5, 5.41) is 3.71. The van der Waals surface area contributed by atoms with Crippen LogP contribution in [0.5, 0.6) is 0 Å². The Kier molecular flexibility index (Phi) is 7.61. The van der Waals surface area contributed by atoms with Crippen LogP contribution in [0, 0.1) is 11.3 Å². The summed E-state index contributed by atoms with van der Waals surface area (Å²) in [6.45, 7) is 9.31. The van der Waals surface area contributed by atoms with Gasteiger partial charge in [0.15, 0.2) is 0 Å². The summed E-state index contributed by atoms with van der Waals surface area (Å²) in [6.07, 6.45) is 8.73. The minimum absolute atomic E-state index is 0.634. The second-order valence-electron chi connectivity index (χ2n) is 6.03. The van der Waals surface area contributed by atoms with Gasteiger partial charge in [0.25, 0.3) is 0 Å². The Hall–Kier alpha value is 0.310. The van der Waals surface area contributed by atoms with E-state index in [0.29, 0.717) is 5.41 Å². The predicted molar refractivity (Wildman–Crippen MR) is 80.8 cm³/mol. The molecule has 2 heteroatoms. The second kappa shape index (κ2) is 8.42. The summed E-state index contributed by atoms with van der Waals surface area (Å²) in [7, 11) is 0. The first-order valence-corrected chi connectivity index (χ1v) is 8.62. The van der Waals surface area contributed by atoms with Crippen molar-refractivity contribution in [2.45, 2.75) is 59.3 Å². The Morgan fingerprint density at radius 3 is 2.47 bits per heavy atom. The number of hydrogen-bond donors (Lipinski definition) is 1. The van der Waals surface area contributed by atoms with Crippen LogP contribution >= 0.6 is 11.8 Å². The summed E-state index contributed by atoms with van der Waals surface area (Å²) in [4.78, 5) is 0. The van der Waals surface area contributed by atoms with Crippen molar-refractivity contribution in [1.29, 1.82) is 0 Å². The molecule has 1 aliphatic rings. The number of thioether (sulfide) groups is 1. The Balaban J connectivity index is 2.34. The van der Waals surface area contributed by atoms with E-state index in [9.17, 15) is 0 Å². The number of nitrogens with one attached hydrogen (secondary N) is 1. The molecule has 0 aliphatic heterocycles. The molecule has 0 atom stereocenters. The molecule has 1 aliphatic carbocycles. The third-order valence-corrected chi connectivity index (χ3v) is 4.85. The van der Waals surface area contributed by atoms with Gasteiger partial charge in [0.05, 0.1) is 0 Å². The highest BCUT2D eigenvalue weighted by atomic mass is 32.2. The van der Waals surface area contributed by atoms with Crippen LogP contribution in [0.2, 0.25) is 0 Å². The van der Waals surface area contributed by atoms with Crippen LogP contribution in [0.3, 0.4) is 0 Å². The summed E-state index contributed by atoms with van der Waals surface area (Å²) < 4.78 is 0. The quantitative estimate of drug-likeness (QED) is 0.650. The fraction of sp³-hybridized carbons (Fsp3) is 1.00. The van der Waals surface area contributed by atoms with E-state index in [1.54, 1.807) is 0 Å². The van der Waals surface area contributed by atoms with Gasteiger partial charge in [-0.15, -0.1) is 0 Å². The van der Waals surface area contributed by atoms with E-state index in [1.165, 1.54) is 63.1 Å². The van der Waals surface area contributed by atoms with Crippen LogP contribution in [-0.2, 0) is 0 Å². The van der Waals surface area contributed by atoms with Crippen molar-refractivity contribution < 1.29 is 0 Å². The Labute approximate surface area is 113 Å². The predicted octanol–water partition coefficient (Wildman–Crippen LogP) is 4.33. The van der Waals surface area contributed by atoms with Crippen LogP contribution in [0.1, 0.15) is 59.3 Å². The molecule has 102 valence electrons.